The van der Waals surface area contributed by atoms with Gasteiger partial charge in [-0.25, -0.2) is 0 Å². The Labute approximate surface area is 165 Å². The predicted molar refractivity (Wildman–Crippen MR) is 104 cm³/mol. The number of hydrogen-bond acceptors (Lipinski definition) is 4. The minimum atomic E-state index is -0.381. The number of benzene rings is 1. The van der Waals surface area contributed by atoms with Gasteiger partial charge in [-0.15, -0.1) is 0 Å². The van der Waals surface area contributed by atoms with Crippen molar-refractivity contribution in [3.8, 4) is 0 Å². The fourth-order valence-corrected chi connectivity index (χ4v) is 3.86. The second-order valence-electron chi connectivity index (χ2n) is 7.61. The zero-order valence-corrected chi connectivity index (χ0v) is 16.5. The van der Waals surface area contributed by atoms with Crippen LogP contribution in [0.15, 0.2) is 24.3 Å². The highest BCUT2D eigenvalue weighted by Crippen LogP contribution is 2.21. The highest BCUT2D eigenvalue weighted by atomic mass is 16.5. The summed E-state index contributed by atoms with van der Waals surface area (Å²) in [5, 5.41) is 0. The maximum atomic E-state index is 12.2. The van der Waals surface area contributed by atoms with Crippen molar-refractivity contribution in [3.05, 3.63) is 29.8 Å². The lowest BCUT2D eigenvalue weighted by Gasteiger charge is -2.32. The zero-order valence-electron chi connectivity index (χ0n) is 16.5. The highest BCUT2D eigenvalue weighted by molar-refractivity contribution is 5.98. The molecule has 8 nitrogen and oxygen atoms in total. The van der Waals surface area contributed by atoms with E-state index in [-0.39, 0.29) is 29.9 Å². The first-order valence-corrected chi connectivity index (χ1v) is 9.91. The standard InChI is InChI=1S/C20H28N4O4/c1-14-12-23(13-15(2)28-14)11-9-18(25)21-22-20(27)16-5-7-17(8-6-16)24-10-3-4-19(24)26/h5-8,14-15H,3-4,9-13H2,1-2H3,(H,21,25)(H,22,27)/p+1/t14-,15-/m1/s1. The van der Waals surface area contributed by atoms with Gasteiger partial charge in [0.2, 0.25) is 11.8 Å². The van der Waals surface area contributed by atoms with E-state index in [9.17, 15) is 14.4 Å². The molecular formula is C20H29N4O4+. The van der Waals surface area contributed by atoms with E-state index in [1.165, 1.54) is 4.90 Å². The van der Waals surface area contributed by atoms with E-state index < -0.39 is 0 Å². The number of ether oxygens (including phenoxy) is 1. The Bertz CT molecular complexity index is 711. The number of nitrogens with one attached hydrogen (secondary N) is 3. The van der Waals surface area contributed by atoms with E-state index in [0.717, 1.165) is 25.2 Å². The van der Waals surface area contributed by atoms with Gasteiger partial charge in [-0.2, -0.15) is 0 Å². The van der Waals surface area contributed by atoms with Crippen molar-refractivity contribution >= 4 is 23.4 Å². The number of rotatable bonds is 5. The maximum Gasteiger partial charge on any atom is 0.269 e. The molecule has 3 amide bonds. The molecule has 0 bridgehead atoms. The molecule has 0 unspecified atom stereocenters. The van der Waals surface area contributed by atoms with E-state index in [4.69, 9.17) is 4.74 Å². The number of hydrogen-bond donors (Lipinski definition) is 3. The largest absolute Gasteiger partial charge is 0.364 e. The van der Waals surface area contributed by atoms with Gasteiger partial charge in [0.25, 0.3) is 5.91 Å². The highest BCUT2D eigenvalue weighted by Gasteiger charge is 2.26. The molecule has 0 spiro atoms. The molecule has 1 aromatic carbocycles. The van der Waals surface area contributed by atoms with Gasteiger partial charge >= 0.3 is 0 Å². The monoisotopic (exact) mass is 389 g/mol. The fourth-order valence-electron chi connectivity index (χ4n) is 3.86. The van der Waals surface area contributed by atoms with Gasteiger partial charge in [0.05, 0.1) is 13.0 Å². The Morgan fingerprint density at radius 2 is 1.82 bits per heavy atom. The van der Waals surface area contributed by atoms with Gasteiger partial charge in [0.1, 0.15) is 25.3 Å². The maximum absolute atomic E-state index is 12.2. The summed E-state index contributed by atoms with van der Waals surface area (Å²) in [7, 11) is 0. The molecule has 0 aliphatic carbocycles. The second-order valence-corrected chi connectivity index (χ2v) is 7.61. The van der Waals surface area contributed by atoms with Gasteiger partial charge < -0.3 is 14.5 Å². The van der Waals surface area contributed by atoms with Crippen LogP contribution in [0.5, 0.6) is 0 Å². The Kier molecular flexibility index (Phi) is 6.64. The summed E-state index contributed by atoms with van der Waals surface area (Å²) in [6.07, 6.45) is 2.15. The molecule has 8 heteroatoms. The van der Waals surface area contributed by atoms with Crippen molar-refractivity contribution in [1.82, 2.24) is 10.9 Å². The lowest BCUT2D eigenvalue weighted by atomic mass is 10.2. The van der Waals surface area contributed by atoms with E-state index in [1.807, 2.05) is 13.8 Å². The molecule has 152 valence electrons. The van der Waals surface area contributed by atoms with Crippen LogP contribution in [0, 0.1) is 0 Å². The zero-order chi connectivity index (χ0) is 20.1. The van der Waals surface area contributed by atoms with Crippen LogP contribution in [0.1, 0.15) is 43.5 Å². The fraction of sp³-hybridized carbons (Fsp3) is 0.550. The van der Waals surface area contributed by atoms with Crippen molar-refractivity contribution in [1.29, 1.82) is 0 Å². The Balaban J connectivity index is 1.42. The minimum absolute atomic E-state index is 0.107. The Morgan fingerprint density at radius 1 is 1.14 bits per heavy atom. The van der Waals surface area contributed by atoms with Crippen LogP contribution in [-0.4, -0.2) is 56.1 Å². The summed E-state index contributed by atoms with van der Waals surface area (Å²) in [6, 6.07) is 6.82. The average Bonchev–Trinajstić information content (AvgIpc) is 3.10. The quantitative estimate of drug-likeness (QED) is 0.601. The van der Waals surface area contributed by atoms with Crippen LogP contribution in [0.4, 0.5) is 5.69 Å². The topological polar surface area (TPSA) is 92.2 Å². The first-order valence-electron chi connectivity index (χ1n) is 9.91. The van der Waals surface area contributed by atoms with Crippen LogP contribution >= 0.6 is 0 Å². The van der Waals surface area contributed by atoms with Gasteiger partial charge in [0.15, 0.2) is 0 Å². The first-order chi connectivity index (χ1) is 13.4. The van der Waals surface area contributed by atoms with E-state index >= 15 is 0 Å². The van der Waals surface area contributed by atoms with Crippen LogP contribution < -0.4 is 20.7 Å². The lowest BCUT2D eigenvalue weighted by Crippen LogP contribution is -3.15. The number of carbonyl (C=O) groups excluding carboxylic acids is 3. The third-order valence-electron chi connectivity index (χ3n) is 5.15. The van der Waals surface area contributed by atoms with E-state index in [1.54, 1.807) is 29.2 Å². The predicted octanol–water partition coefficient (Wildman–Crippen LogP) is -0.343. The normalized spacial score (nSPS) is 24.9. The number of anilines is 1. The van der Waals surface area contributed by atoms with Crippen LogP contribution in [0.25, 0.3) is 0 Å². The summed E-state index contributed by atoms with van der Waals surface area (Å²) < 4.78 is 5.70. The number of hydrazine groups is 1. The van der Waals surface area contributed by atoms with Crippen molar-refractivity contribution in [3.63, 3.8) is 0 Å². The lowest BCUT2D eigenvalue weighted by molar-refractivity contribution is -0.914. The van der Waals surface area contributed by atoms with Gasteiger partial charge in [-0.3, -0.25) is 25.2 Å². The number of carbonyl (C=O) groups is 3. The first kappa shape index (κ1) is 20.3. The van der Waals surface area contributed by atoms with Crippen molar-refractivity contribution in [2.75, 3.05) is 31.1 Å². The molecule has 2 heterocycles. The minimum Gasteiger partial charge on any atom is -0.364 e. The summed E-state index contributed by atoms with van der Waals surface area (Å²) >= 11 is 0. The van der Waals surface area contributed by atoms with Gasteiger partial charge in [0, 0.05) is 24.2 Å². The van der Waals surface area contributed by atoms with Crippen LogP contribution in [-0.2, 0) is 14.3 Å². The molecule has 2 saturated heterocycles. The van der Waals surface area contributed by atoms with Gasteiger partial charge in [-0.05, 0) is 44.5 Å². The Morgan fingerprint density at radius 3 is 2.43 bits per heavy atom. The molecule has 28 heavy (non-hydrogen) atoms. The third-order valence-corrected chi connectivity index (χ3v) is 5.15. The molecule has 3 rings (SSSR count). The van der Waals surface area contributed by atoms with E-state index in [0.29, 0.717) is 31.5 Å². The number of amides is 3. The summed E-state index contributed by atoms with van der Waals surface area (Å²) in [5.41, 5.74) is 6.14. The summed E-state index contributed by atoms with van der Waals surface area (Å²) in [6.45, 7) is 7.27. The summed E-state index contributed by atoms with van der Waals surface area (Å²) in [5.74, 6) is -0.490. The third kappa shape index (κ3) is 5.30. The number of nitrogens with zero attached hydrogens (tertiary/aromatic N) is 1. The number of morpholine rings is 1. The van der Waals surface area contributed by atoms with Gasteiger partial charge in [-0.1, -0.05) is 0 Å². The van der Waals surface area contributed by atoms with E-state index in [2.05, 4.69) is 10.9 Å². The SMILES string of the molecule is C[C@@H]1C[NH+](CCC(=O)NNC(=O)c2ccc(N3CCCC3=O)cc2)C[C@@H](C)O1. The smallest absolute Gasteiger partial charge is 0.269 e. The Hall–Kier alpha value is -2.45. The molecule has 1 aromatic rings. The molecule has 0 aromatic heterocycles. The molecule has 0 saturated carbocycles. The summed E-state index contributed by atoms with van der Waals surface area (Å²) in [4.78, 5) is 39.1. The number of quaternary nitrogens is 1. The van der Waals surface area contributed by atoms with Crippen molar-refractivity contribution in [2.45, 2.75) is 45.3 Å². The second kappa shape index (κ2) is 9.16. The van der Waals surface area contributed by atoms with Crippen LogP contribution in [0.3, 0.4) is 0 Å². The molecule has 2 aliphatic rings. The molecular weight excluding hydrogens is 360 g/mol. The molecule has 2 aliphatic heterocycles. The van der Waals surface area contributed by atoms with Crippen molar-refractivity contribution < 1.29 is 24.0 Å². The average molecular weight is 389 g/mol. The molecule has 3 N–H and O–H groups in total. The van der Waals surface area contributed by atoms with Crippen LogP contribution in [0.2, 0.25) is 0 Å². The van der Waals surface area contributed by atoms with Crippen molar-refractivity contribution in [2.24, 2.45) is 0 Å². The molecule has 0 radical (unpaired) electrons. The molecule has 2 fully saturated rings. The molecule has 2 atom stereocenters.